The number of carbonyl (C=O) groups is 2. The number of anilines is 2. The van der Waals surface area contributed by atoms with Crippen molar-refractivity contribution in [3.05, 3.63) is 59.2 Å². The number of hydrogen-bond acceptors (Lipinski definition) is 3. The number of benzene rings is 2. The Morgan fingerprint density at radius 3 is 2.09 bits per heavy atom. The van der Waals surface area contributed by atoms with Crippen molar-refractivity contribution in [2.75, 3.05) is 17.2 Å². The summed E-state index contributed by atoms with van der Waals surface area (Å²) in [5.74, 6) is -0.457. The molecule has 5 nitrogen and oxygen atoms in total. The Hall–Kier alpha value is -2.66. The van der Waals surface area contributed by atoms with Crippen molar-refractivity contribution >= 4 is 23.2 Å². The number of aryl methyl sites for hydroxylation is 2. The quantitative estimate of drug-likeness (QED) is 0.810. The summed E-state index contributed by atoms with van der Waals surface area (Å²) < 4.78 is 0. The first-order chi connectivity index (χ1) is 10.5. The molecule has 0 bridgehead atoms. The van der Waals surface area contributed by atoms with E-state index in [0.29, 0.717) is 11.3 Å². The maximum Gasteiger partial charge on any atom is 0.255 e. The second kappa shape index (κ2) is 6.87. The second-order valence-electron chi connectivity index (χ2n) is 5.05. The molecule has 0 radical (unpaired) electrons. The molecule has 0 heterocycles. The molecule has 0 spiro atoms. The molecule has 0 aromatic heterocycles. The average Bonchev–Trinajstić information content (AvgIpc) is 2.51. The van der Waals surface area contributed by atoms with Gasteiger partial charge in [0, 0.05) is 16.9 Å². The number of carbonyl (C=O) groups excluding carboxylic acids is 2. The molecular weight excluding hydrogens is 278 g/mol. The molecular formula is C17H19N3O2. The fourth-order valence-corrected chi connectivity index (χ4v) is 2.11. The number of nitrogens with two attached hydrogens (primary N) is 1. The highest BCUT2D eigenvalue weighted by Crippen LogP contribution is 2.20. The molecule has 2 rings (SSSR count). The van der Waals surface area contributed by atoms with Gasteiger partial charge in [-0.3, -0.25) is 9.59 Å². The maximum atomic E-state index is 12.3. The van der Waals surface area contributed by atoms with Gasteiger partial charge in [-0.1, -0.05) is 18.2 Å². The van der Waals surface area contributed by atoms with Gasteiger partial charge < -0.3 is 16.4 Å². The van der Waals surface area contributed by atoms with Crippen LogP contribution in [0.1, 0.15) is 21.5 Å². The lowest BCUT2D eigenvalue weighted by Crippen LogP contribution is -2.21. The lowest BCUT2D eigenvalue weighted by Gasteiger charge is -2.11. The Morgan fingerprint density at radius 1 is 0.955 bits per heavy atom. The van der Waals surface area contributed by atoms with Gasteiger partial charge >= 0.3 is 0 Å². The molecule has 4 N–H and O–H groups in total. The van der Waals surface area contributed by atoms with Gasteiger partial charge in [-0.25, -0.2) is 0 Å². The Kier molecular flexibility index (Phi) is 4.91. The lowest BCUT2D eigenvalue weighted by atomic mass is 10.1. The van der Waals surface area contributed by atoms with Crippen molar-refractivity contribution in [2.45, 2.75) is 13.8 Å². The minimum Gasteiger partial charge on any atom is -0.325 e. The normalized spacial score (nSPS) is 10.1. The van der Waals surface area contributed by atoms with Crippen LogP contribution < -0.4 is 16.4 Å². The van der Waals surface area contributed by atoms with Crippen LogP contribution in [0.2, 0.25) is 0 Å². The molecule has 5 heteroatoms. The molecule has 0 aliphatic rings. The van der Waals surface area contributed by atoms with E-state index in [1.54, 1.807) is 24.3 Å². The second-order valence-corrected chi connectivity index (χ2v) is 5.05. The largest absolute Gasteiger partial charge is 0.325 e. The van der Waals surface area contributed by atoms with Crippen molar-refractivity contribution < 1.29 is 9.59 Å². The summed E-state index contributed by atoms with van der Waals surface area (Å²) in [4.78, 5) is 23.5. The van der Waals surface area contributed by atoms with E-state index >= 15 is 0 Å². The SMILES string of the molecule is Cc1cccc(C)c1NC(=O)c1ccc(NC(=O)CN)cc1. The summed E-state index contributed by atoms with van der Waals surface area (Å²) in [5.41, 5.74) is 9.22. The molecule has 0 aliphatic carbocycles. The van der Waals surface area contributed by atoms with Gasteiger partial charge in [0.05, 0.1) is 6.54 Å². The van der Waals surface area contributed by atoms with Gasteiger partial charge in [0.1, 0.15) is 0 Å². The van der Waals surface area contributed by atoms with Crippen LogP contribution >= 0.6 is 0 Å². The van der Waals surface area contributed by atoms with E-state index in [2.05, 4.69) is 10.6 Å². The molecule has 2 amide bonds. The first-order valence-corrected chi connectivity index (χ1v) is 6.99. The summed E-state index contributed by atoms with van der Waals surface area (Å²) in [6, 6.07) is 12.5. The van der Waals surface area contributed by atoms with E-state index < -0.39 is 0 Å². The minimum atomic E-state index is -0.271. The number of hydrogen-bond donors (Lipinski definition) is 3. The van der Waals surface area contributed by atoms with Crippen LogP contribution in [0, 0.1) is 13.8 Å². The van der Waals surface area contributed by atoms with Crippen molar-refractivity contribution in [3.63, 3.8) is 0 Å². The molecule has 0 unspecified atom stereocenters. The average molecular weight is 297 g/mol. The van der Waals surface area contributed by atoms with Crippen molar-refractivity contribution in [3.8, 4) is 0 Å². The van der Waals surface area contributed by atoms with E-state index in [0.717, 1.165) is 16.8 Å². The predicted molar refractivity (Wildman–Crippen MR) is 88.0 cm³/mol. The Morgan fingerprint density at radius 2 is 1.55 bits per heavy atom. The lowest BCUT2D eigenvalue weighted by molar-refractivity contribution is -0.114. The van der Waals surface area contributed by atoms with Gasteiger partial charge in [-0.05, 0) is 49.2 Å². The maximum absolute atomic E-state index is 12.3. The Labute approximate surface area is 129 Å². The molecule has 2 aromatic rings. The zero-order chi connectivity index (χ0) is 16.1. The summed E-state index contributed by atoms with van der Waals surface area (Å²) >= 11 is 0. The molecule has 2 aromatic carbocycles. The first kappa shape index (κ1) is 15.7. The third kappa shape index (κ3) is 3.71. The van der Waals surface area contributed by atoms with Crippen LogP contribution in [0.3, 0.4) is 0 Å². The van der Waals surface area contributed by atoms with E-state index in [-0.39, 0.29) is 18.4 Å². The predicted octanol–water partition coefficient (Wildman–Crippen LogP) is 2.45. The van der Waals surface area contributed by atoms with Crippen LogP contribution in [0.15, 0.2) is 42.5 Å². The fourth-order valence-electron chi connectivity index (χ4n) is 2.11. The van der Waals surface area contributed by atoms with E-state index in [4.69, 9.17) is 5.73 Å². The van der Waals surface area contributed by atoms with Crippen LogP contribution in [0.25, 0.3) is 0 Å². The summed E-state index contributed by atoms with van der Waals surface area (Å²) in [5, 5.41) is 5.55. The first-order valence-electron chi connectivity index (χ1n) is 6.99. The van der Waals surface area contributed by atoms with Crippen LogP contribution in [0.4, 0.5) is 11.4 Å². The van der Waals surface area contributed by atoms with Crippen LogP contribution in [0.5, 0.6) is 0 Å². The Bertz CT molecular complexity index is 673. The molecule has 0 saturated heterocycles. The molecule has 0 saturated carbocycles. The number of rotatable bonds is 4. The Balaban J connectivity index is 2.12. The van der Waals surface area contributed by atoms with Gasteiger partial charge in [0.25, 0.3) is 5.91 Å². The smallest absolute Gasteiger partial charge is 0.255 e. The summed E-state index contributed by atoms with van der Waals surface area (Å²) in [6.45, 7) is 3.83. The molecule has 0 fully saturated rings. The van der Waals surface area contributed by atoms with Crippen molar-refractivity contribution in [2.24, 2.45) is 5.73 Å². The fraction of sp³-hybridized carbons (Fsp3) is 0.176. The monoisotopic (exact) mass is 297 g/mol. The highest BCUT2D eigenvalue weighted by molar-refractivity contribution is 6.05. The minimum absolute atomic E-state index is 0.0746. The third-order valence-corrected chi connectivity index (χ3v) is 3.34. The zero-order valence-electron chi connectivity index (χ0n) is 12.6. The molecule has 114 valence electrons. The van der Waals surface area contributed by atoms with E-state index in [1.165, 1.54) is 0 Å². The molecule has 0 atom stereocenters. The highest BCUT2D eigenvalue weighted by Gasteiger charge is 2.09. The van der Waals surface area contributed by atoms with Crippen LogP contribution in [-0.2, 0) is 4.79 Å². The van der Waals surface area contributed by atoms with Crippen molar-refractivity contribution in [1.82, 2.24) is 0 Å². The van der Waals surface area contributed by atoms with Crippen molar-refractivity contribution in [1.29, 1.82) is 0 Å². The van der Waals surface area contributed by atoms with E-state index in [1.807, 2.05) is 32.0 Å². The summed E-state index contributed by atoms with van der Waals surface area (Å²) in [6.07, 6.45) is 0. The van der Waals surface area contributed by atoms with Gasteiger partial charge in [-0.2, -0.15) is 0 Å². The van der Waals surface area contributed by atoms with Gasteiger partial charge in [0.15, 0.2) is 0 Å². The number of nitrogens with one attached hydrogen (secondary N) is 2. The number of para-hydroxylation sites is 1. The molecule has 22 heavy (non-hydrogen) atoms. The van der Waals surface area contributed by atoms with Crippen LogP contribution in [-0.4, -0.2) is 18.4 Å². The highest BCUT2D eigenvalue weighted by atomic mass is 16.2. The van der Waals surface area contributed by atoms with Gasteiger partial charge in [-0.15, -0.1) is 0 Å². The summed E-state index contributed by atoms with van der Waals surface area (Å²) in [7, 11) is 0. The number of amides is 2. The third-order valence-electron chi connectivity index (χ3n) is 3.34. The zero-order valence-corrected chi connectivity index (χ0v) is 12.6. The standard InChI is InChI=1S/C17H19N3O2/c1-11-4-3-5-12(2)16(11)20-17(22)13-6-8-14(9-7-13)19-15(21)10-18/h3-9H,10,18H2,1-2H3,(H,19,21)(H,20,22). The van der Waals surface area contributed by atoms with E-state index in [9.17, 15) is 9.59 Å². The van der Waals surface area contributed by atoms with Gasteiger partial charge in [0.2, 0.25) is 5.91 Å². The molecule has 0 aliphatic heterocycles. The topological polar surface area (TPSA) is 84.2 Å².